The van der Waals surface area contributed by atoms with Gasteiger partial charge in [0.1, 0.15) is 9.84 Å². The van der Waals surface area contributed by atoms with Crippen LogP contribution in [0.1, 0.15) is 29.9 Å². The summed E-state index contributed by atoms with van der Waals surface area (Å²) in [5.74, 6) is 0.889. The molecule has 25 heavy (non-hydrogen) atoms. The van der Waals surface area contributed by atoms with Gasteiger partial charge in [-0.3, -0.25) is 0 Å². The second kappa shape index (κ2) is 8.15. The number of hydrogen-bond donors (Lipinski definition) is 0. The molecular weight excluding hydrogens is 330 g/mol. The topological polar surface area (TPSA) is 37.4 Å². The minimum atomic E-state index is -2.91. The number of likely N-dealkylation sites (tertiary alicyclic amines) is 1. The van der Waals surface area contributed by atoms with Crippen LogP contribution < -0.4 is 0 Å². The van der Waals surface area contributed by atoms with Gasteiger partial charge in [-0.25, -0.2) is 8.42 Å². The maximum atomic E-state index is 11.7. The predicted octanol–water partition coefficient (Wildman–Crippen LogP) is 3.58. The van der Waals surface area contributed by atoms with Crippen molar-refractivity contribution in [1.29, 1.82) is 0 Å². The maximum Gasteiger partial charge on any atom is 0.147 e. The molecule has 1 aliphatic heterocycles. The van der Waals surface area contributed by atoms with Crippen LogP contribution in [-0.4, -0.2) is 45.0 Å². The number of sulfone groups is 1. The zero-order chi connectivity index (χ0) is 17.7. The fourth-order valence-corrected chi connectivity index (χ4v) is 5.04. The lowest BCUT2D eigenvalue weighted by Crippen LogP contribution is -2.40. The normalized spacial score (nSPS) is 19.2. The van der Waals surface area contributed by atoms with Gasteiger partial charge < -0.3 is 4.90 Å². The minimum Gasteiger partial charge on any atom is -0.302 e. The van der Waals surface area contributed by atoms with Crippen molar-refractivity contribution in [3.8, 4) is 0 Å². The highest BCUT2D eigenvalue weighted by molar-refractivity contribution is 7.90. The van der Waals surface area contributed by atoms with E-state index in [1.807, 2.05) is 0 Å². The number of benzene rings is 2. The van der Waals surface area contributed by atoms with Crippen molar-refractivity contribution in [2.75, 3.05) is 31.6 Å². The molecule has 134 valence electrons. The standard InChI is InChI=1S/C21H27NO2S/c1-25(23,24)17-18-9-8-14-22(15-18)16-21(19-10-4-2-5-11-19)20-12-6-3-7-13-20/h2-7,10-13,18,21H,8-9,14-17H2,1H3/t18-/m0/s1. The van der Waals surface area contributed by atoms with Crippen LogP contribution in [-0.2, 0) is 9.84 Å². The zero-order valence-corrected chi connectivity index (χ0v) is 15.7. The molecule has 0 bridgehead atoms. The first kappa shape index (κ1) is 18.2. The van der Waals surface area contributed by atoms with E-state index in [-0.39, 0.29) is 5.92 Å². The minimum absolute atomic E-state index is 0.260. The Labute approximate surface area is 151 Å². The predicted molar refractivity (Wildman–Crippen MR) is 104 cm³/mol. The molecule has 3 rings (SSSR count). The third kappa shape index (κ3) is 5.41. The summed E-state index contributed by atoms with van der Waals surface area (Å²) in [6.07, 6.45) is 3.45. The largest absolute Gasteiger partial charge is 0.302 e. The highest BCUT2D eigenvalue weighted by Crippen LogP contribution is 2.28. The third-order valence-corrected chi connectivity index (χ3v) is 6.06. The molecule has 2 aromatic rings. The van der Waals surface area contributed by atoms with Crippen molar-refractivity contribution in [2.24, 2.45) is 5.92 Å². The van der Waals surface area contributed by atoms with Crippen molar-refractivity contribution in [3.05, 3.63) is 71.8 Å². The Hall–Kier alpha value is -1.65. The first-order valence-corrected chi connectivity index (χ1v) is 11.1. The smallest absolute Gasteiger partial charge is 0.147 e. The van der Waals surface area contributed by atoms with Crippen molar-refractivity contribution >= 4 is 9.84 Å². The molecule has 0 amide bonds. The molecule has 0 N–H and O–H groups in total. The lowest BCUT2D eigenvalue weighted by Gasteiger charge is -2.35. The van der Waals surface area contributed by atoms with E-state index in [4.69, 9.17) is 0 Å². The fraction of sp³-hybridized carbons (Fsp3) is 0.429. The van der Waals surface area contributed by atoms with E-state index >= 15 is 0 Å². The van der Waals surface area contributed by atoms with Crippen LogP contribution >= 0.6 is 0 Å². The summed E-state index contributed by atoms with van der Waals surface area (Å²) in [7, 11) is -2.91. The van der Waals surface area contributed by atoms with E-state index < -0.39 is 9.84 Å². The molecule has 3 nitrogen and oxygen atoms in total. The number of rotatable bonds is 6. The molecule has 0 spiro atoms. The van der Waals surface area contributed by atoms with Gasteiger partial charge in [0.05, 0.1) is 5.75 Å². The van der Waals surface area contributed by atoms with Crippen molar-refractivity contribution < 1.29 is 8.42 Å². The SMILES string of the molecule is CS(=O)(=O)C[C@H]1CCCN(CC(c2ccccc2)c2ccccc2)C1. The average molecular weight is 358 g/mol. The van der Waals surface area contributed by atoms with Crippen LogP contribution in [0.5, 0.6) is 0 Å². The van der Waals surface area contributed by atoms with E-state index in [2.05, 4.69) is 65.6 Å². The Morgan fingerprint density at radius 3 is 2.08 bits per heavy atom. The summed E-state index contributed by atoms with van der Waals surface area (Å²) in [5.41, 5.74) is 2.64. The molecule has 0 aliphatic carbocycles. The van der Waals surface area contributed by atoms with Gasteiger partial charge in [0.2, 0.25) is 0 Å². The van der Waals surface area contributed by atoms with Crippen molar-refractivity contribution in [2.45, 2.75) is 18.8 Å². The highest BCUT2D eigenvalue weighted by atomic mass is 32.2. The molecule has 1 saturated heterocycles. The molecule has 1 fully saturated rings. The van der Waals surface area contributed by atoms with Crippen LogP contribution in [0.2, 0.25) is 0 Å². The Kier molecular flexibility index (Phi) is 5.92. The molecule has 2 aromatic carbocycles. The second-order valence-corrected chi connectivity index (χ2v) is 9.42. The molecule has 1 heterocycles. The van der Waals surface area contributed by atoms with Gasteiger partial charge in [-0.15, -0.1) is 0 Å². The third-order valence-electron chi connectivity index (χ3n) is 4.99. The van der Waals surface area contributed by atoms with E-state index in [0.717, 1.165) is 32.5 Å². The Balaban J connectivity index is 1.76. The first-order valence-electron chi connectivity index (χ1n) is 9.01. The van der Waals surface area contributed by atoms with Gasteiger partial charge in [0, 0.05) is 25.3 Å². The van der Waals surface area contributed by atoms with E-state index in [9.17, 15) is 8.42 Å². The summed E-state index contributed by atoms with van der Waals surface area (Å²) in [6.45, 7) is 2.87. The van der Waals surface area contributed by atoms with Crippen LogP contribution in [0, 0.1) is 5.92 Å². The van der Waals surface area contributed by atoms with E-state index in [1.165, 1.54) is 17.4 Å². The van der Waals surface area contributed by atoms with Crippen LogP contribution in [0.4, 0.5) is 0 Å². The van der Waals surface area contributed by atoms with Crippen LogP contribution in [0.15, 0.2) is 60.7 Å². The maximum absolute atomic E-state index is 11.7. The summed E-state index contributed by atoms with van der Waals surface area (Å²) >= 11 is 0. The number of piperidine rings is 1. The summed E-state index contributed by atoms with van der Waals surface area (Å²) in [5, 5.41) is 0. The van der Waals surface area contributed by atoms with Crippen molar-refractivity contribution in [1.82, 2.24) is 4.90 Å². The zero-order valence-electron chi connectivity index (χ0n) is 14.8. The van der Waals surface area contributed by atoms with E-state index in [0.29, 0.717) is 11.7 Å². The number of nitrogens with zero attached hydrogens (tertiary/aromatic N) is 1. The Morgan fingerprint density at radius 2 is 1.56 bits per heavy atom. The fourth-order valence-electron chi connectivity index (χ4n) is 3.91. The molecular formula is C21H27NO2S. The monoisotopic (exact) mass is 357 g/mol. The van der Waals surface area contributed by atoms with E-state index in [1.54, 1.807) is 0 Å². The van der Waals surface area contributed by atoms with Gasteiger partial charge in [-0.1, -0.05) is 60.7 Å². The molecule has 4 heteroatoms. The van der Waals surface area contributed by atoms with Gasteiger partial charge in [-0.2, -0.15) is 0 Å². The Morgan fingerprint density at radius 1 is 1.00 bits per heavy atom. The lowest BCUT2D eigenvalue weighted by molar-refractivity contribution is 0.180. The molecule has 1 atom stereocenters. The van der Waals surface area contributed by atoms with Crippen molar-refractivity contribution in [3.63, 3.8) is 0 Å². The first-order chi connectivity index (χ1) is 12.0. The molecule has 0 saturated carbocycles. The summed E-state index contributed by atoms with van der Waals surface area (Å²) in [6, 6.07) is 21.2. The lowest BCUT2D eigenvalue weighted by atomic mass is 9.89. The van der Waals surface area contributed by atoms with Gasteiger partial charge >= 0.3 is 0 Å². The summed E-state index contributed by atoms with van der Waals surface area (Å²) in [4.78, 5) is 2.45. The highest BCUT2D eigenvalue weighted by Gasteiger charge is 2.26. The van der Waals surface area contributed by atoms with Gasteiger partial charge in [0.15, 0.2) is 0 Å². The molecule has 0 aromatic heterocycles. The van der Waals surface area contributed by atoms with Crippen LogP contribution in [0.3, 0.4) is 0 Å². The molecule has 0 radical (unpaired) electrons. The Bertz CT molecular complexity index is 719. The quantitative estimate of drug-likeness (QED) is 0.793. The van der Waals surface area contributed by atoms with Crippen LogP contribution in [0.25, 0.3) is 0 Å². The van der Waals surface area contributed by atoms with Gasteiger partial charge in [-0.05, 0) is 36.4 Å². The second-order valence-electron chi connectivity index (χ2n) is 7.23. The van der Waals surface area contributed by atoms with Gasteiger partial charge in [0.25, 0.3) is 0 Å². The molecule has 1 aliphatic rings. The number of hydrogen-bond acceptors (Lipinski definition) is 3. The average Bonchev–Trinajstić information content (AvgIpc) is 2.60. The summed E-state index contributed by atoms with van der Waals surface area (Å²) < 4.78 is 23.3. The molecule has 0 unspecified atom stereocenters.